The molecule has 0 spiro atoms. The fourth-order valence-electron chi connectivity index (χ4n) is 4.71. The number of imidazole rings is 1. The molecule has 0 radical (unpaired) electrons. The number of amides is 3. The number of para-hydroxylation sites is 1. The molecule has 3 heterocycles. The molecule has 1 N–H and O–H groups in total. The van der Waals surface area contributed by atoms with E-state index in [1.165, 1.54) is 4.57 Å². The number of carbonyl (C=O) groups is 3. The molecular formula is C24H33N5O5. The minimum atomic E-state index is -0.690. The summed E-state index contributed by atoms with van der Waals surface area (Å²) in [6, 6.07) is 5.07. The molecule has 4 rings (SSSR count). The maximum Gasteiger partial charge on any atom is 0.410 e. The number of imide groups is 1. The zero-order valence-electron chi connectivity index (χ0n) is 20.3. The predicted octanol–water partition coefficient (Wildman–Crippen LogP) is 1.41. The maximum atomic E-state index is 13.1. The van der Waals surface area contributed by atoms with E-state index in [0.717, 1.165) is 37.1 Å². The summed E-state index contributed by atoms with van der Waals surface area (Å²) in [7, 11) is 1.72. The summed E-state index contributed by atoms with van der Waals surface area (Å²) in [5.41, 5.74) is 1.77. The summed E-state index contributed by atoms with van der Waals surface area (Å²) in [4.78, 5) is 53.4. The molecule has 0 bridgehead atoms. The van der Waals surface area contributed by atoms with Gasteiger partial charge in [0, 0.05) is 46.2 Å². The second-order valence-corrected chi connectivity index (χ2v) is 10.0. The van der Waals surface area contributed by atoms with Gasteiger partial charge in [-0.1, -0.05) is 12.1 Å². The Balaban J connectivity index is 1.46. The summed E-state index contributed by atoms with van der Waals surface area (Å²) < 4.78 is 8.57. The van der Waals surface area contributed by atoms with Crippen LogP contribution in [0.1, 0.15) is 45.2 Å². The number of nitrogens with one attached hydrogen (secondary N) is 1. The lowest BCUT2D eigenvalue weighted by atomic mass is 10.0. The van der Waals surface area contributed by atoms with Crippen LogP contribution in [0.25, 0.3) is 11.0 Å². The van der Waals surface area contributed by atoms with Crippen molar-refractivity contribution in [2.24, 2.45) is 7.05 Å². The van der Waals surface area contributed by atoms with Crippen LogP contribution in [0, 0.1) is 0 Å². The first kappa shape index (κ1) is 24.0. The number of hydrogen-bond acceptors (Lipinski definition) is 6. The summed E-state index contributed by atoms with van der Waals surface area (Å²) in [5, 5.41) is 2.35. The van der Waals surface area contributed by atoms with Gasteiger partial charge in [0.25, 0.3) is 0 Å². The Hall–Kier alpha value is -3.14. The zero-order chi connectivity index (χ0) is 24.6. The quantitative estimate of drug-likeness (QED) is 0.676. The lowest BCUT2D eigenvalue weighted by Crippen LogP contribution is -2.50. The number of fused-ring (bicyclic) bond motifs is 1. The molecule has 2 fully saturated rings. The van der Waals surface area contributed by atoms with Crippen LogP contribution in [0.15, 0.2) is 23.0 Å². The van der Waals surface area contributed by atoms with Crippen LogP contribution < -0.4 is 11.0 Å². The van der Waals surface area contributed by atoms with Crippen molar-refractivity contribution in [2.75, 3.05) is 32.7 Å². The van der Waals surface area contributed by atoms with E-state index in [9.17, 15) is 19.2 Å². The van der Waals surface area contributed by atoms with Gasteiger partial charge in [-0.25, -0.2) is 9.59 Å². The fraction of sp³-hybridized carbons (Fsp3) is 0.583. The Morgan fingerprint density at radius 2 is 1.82 bits per heavy atom. The average molecular weight is 472 g/mol. The molecule has 184 valence electrons. The first-order chi connectivity index (χ1) is 16.0. The standard InChI is InChI=1S/C24H33N5O5/c1-24(2,3)34-23(33)28-14-12-27(13-15-28)11-10-16-6-5-7-17-20(16)26(4)22(32)29(17)18-8-9-19(30)25-21(18)31/h5-7,18H,8-15H2,1-4H3,(H,25,30,31). The number of hydrogen-bond donors (Lipinski definition) is 1. The van der Waals surface area contributed by atoms with E-state index in [1.807, 2.05) is 39.0 Å². The third-order valence-electron chi connectivity index (χ3n) is 6.43. The van der Waals surface area contributed by atoms with Crippen LogP contribution in [0.2, 0.25) is 0 Å². The molecule has 0 aliphatic carbocycles. The average Bonchev–Trinajstić information content (AvgIpc) is 3.02. The second kappa shape index (κ2) is 9.25. The Bertz CT molecular complexity index is 1170. The number of piperazine rings is 1. The normalized spacial score (nSPS) is 20.0. The number of aryl methyl sites for hydroxylation is 1. The lowest BCUT2D eigenvalue weighted by molar-refractivity contribution is -0.135. The lowest BCUT2D eigenvalue weighted by Gasteiger charge is -2.35. The molecule has 1 unspecified atom stereocenters. The molecule has 1 atom stereocenters. The Labute approximate surface area is 198 Å². The maximum absolute atomic E-state index is 13.1. The number of nitrogens with zero attached hydrogens (tertiary/aromatic N) is 4. The van der Waals surface area contributed by atoms with E-state index < -0.39 is 17.6 Å². The summed E-state index contributed by atoms with van der Waals surface area (Å²) in [5.74, 6) is -0.735. The molecule has 2 aromatic rings. The molecule has 1 aromatic carbocycles. The first-order valence-electron chi connectivity index (χ1n) is 11.8. The fourth-order valence-corrected chi connectivity index (χ4v) is 4.71. The third kappa shape index (κ3) is 4.86. The van der Waals surface area contributed by atoms with Crippen LogP contribution >= 0.6 is 0 Å². The smallest absolute Gasteiger partial charge is 0.410 e. The topological polar surface area (TPSA) is 106 Å². The second-order valence-electron chi connectivity index (χ2n) is 10.0. The van der Waals surface area contributed by atoms with E-state index in [1.54, 1.807) is 16.5 Å². The van der Waals surface area contributed by atoms with Crippen LogP contribution in [0.4, 0.5) is 4.79 Å². The molecule has 10 heteroatoms. The molecule has 1 aromatic heterocycles. The van der Waals surface area contributed by atoms with Gasteiger partial charge in [-0.3, -0.25) is 28.9 Å². The number of aromatic nitrogens is 2. The van der Waals surface area contributed by atoms with Crippen molar-refractivity contribution in [2.45, 2.75) is 51.7 Å². The van der Waals surface area contributed by atoms with E-state index >= 15 is 0 Å². The van der Waals surface area contributed by atoms with Gasteiger partial charge in [0.2, 0.25) is 11.8 Å². The third-order valence-corrected chi connectivity index (χ3v) is 6.43. The highest BCUT2D eigenvalue weighted by atomic mass is 16.6. The van der Waals surface area contributed by atoms with Gasteiger partial charge in [-0.15, -0.1) is 0 Å². The molecular weight excluding hydrogens is 438 g/mol. The van der Waals surface area contributed by atoms with Crippen molar-refractivity contribution in [3.8, 4) is 0 Å². The molecule has 34 heavy (non-hydrogen) atoms. The monoisotopic (exact) mass is 471 g/mol. The number of rotatable bonds is 4. The van der Waals surface area contributed by atoms with E-state index in [4.69, 9.17) is 4.74 Å². The van der Waals surface area contributed by atoms with Gasteiger partial charge in [0.05, 0.1) is 11.0 Å². The number of ether oxygens (including phenoxy) is 1. The minimum Gasteiger partial charge on any atom is -0.444 e. The van der Waals surface area contributed by atoms with E-state index in [0.29, 0.717) is 25.0 Å². The number of piperidine rings is 1. The summed E-state index contributed by atoms with van der Waals surface area (Å²) in [6.45, 7) is 9.12. The van der Waals surface area contributed by atoms with Crippen molar-refractivity contribution in [1.29, 1.82) is 0 Å². The van der Waals surface area contributed by atoms with Crippen molar-refractivity contribution in [3.05, 3.63) is 34.2 Å². The summed E-state index contributed by atoms with van der Waals surface area (Å²) >= 11 is 0. The highest BCUT2D eigenvalue weighted by Gasteiger charge is 2.32. The molecule has 2 saturated heterocycles. The number of carbonyl (C=O) groups excluding carboxylic acids is 3. The van der Waals surface area contributed by atoms with Crippen LogP contribution in [-0.4, -0.2) is 75.2 Å². The SMILES string of the molecule is Cn1c(=O)n(C2CCC(=O)NC2=O)c2cccc(CCN3CCN(C(=O)OC(C)(C)C)CC3)c21. The predicted molar refractivity (Wildman–Crippen MR) is 127 cm³/mol. The van der Waals surface area contributed by atoms with Crippen molar-refractivity contribution >= 4 is 28.9 Å². The highest BCUT2D eigenvalue weighted by molar-refractivity contribution is 6.00. The zero-order valence-corrected chi connectivity index (χ0v) is 20.3. The van der Waals surface area contributed by atoms with Gasteiger partial charge in [-0.2, -0.15) is 0 Å². The Kier molecular flexibility index (Phi) is 6.53. The van der Waals surface area contributed by atoms with Gasteiger partial charge in [0.1, 0.15) is 11.6 Å². The van der Waals surface area contributed by atoms with Gasteiger partial charge in [0.15, 0.2) is 0 Å². The number of benzene rings is 1. The van der Waals surface area contributed by atoms with Crippen LogP contribution in [0.5, 0.6) is 0 Å². The molecule has 10 nitrogen and oxygen atoms in total. The van der Waals surface area contributed by atoms with Crippen molar-refractivity contribution < 1.29 is 19.1 Å². The minimum absolute atomic E-state index is 0.216. The molecule has 0 saturated carbocycles. The Morgan fingerprint density at radius 3 is 2.47 bits per heavy atom. The van der Waals surface area contributed by atoms with Gasteiger partial charge in [-0.05, 0) is 45.2 Å². The van der Waals surface area contributed by atoms with Gasteiger partial charge < -0.3 is 9.64 Å². The van der Waals surface area contributed by atoms with E-state index in [2.05, 4.69) is 10.2 Å². The highest BCUT2D eigenvalue weighted by Crippen LogP contribution is 2.25. The Morgan fingerprint density at radius 1 is 1.12 bits per heavy atom. The van der Waals surface area contributed by atoms with Crippen LogP contribution in [0.3, 0.4) is 0 Å². The van der Waals surface area contributed by atoms with E-state index in [-0.39, 0.29) is 24.1 Å². The van der Waals surface area contributed by atoms with Crippen molar-refractivity contribution in [1.82, 2.24) is 24.3 Å². The molecule has 2 aliphatic rings. The summed E-state index contributed by atoms with van der Waals surface area (Å²) in [6.07, 6.45) is 0.988. The molecule has 3 amide bonds. The first-order valence-corrected chi connectivity index (χ1v) is 11.8. The van der Waals surface area contributed by atoms with Crippen LogP contribution in [-0.2, 0) is 27.8 Å². The molecule has 2 aliphatic heterocycles. The van der Waals surface area contributed by atoms with Crippen molar-refractivity contribution in [3.63, 3.8) is 0 Å². The van der Waals surface area contributed by atoms with Gasteiger partial charge >= 0.3 is 11.8 Å². The largest absolute Gasteiger partial charge is 0.444 e.